The Bertz CT molecular complexity index is 241. The Morgan fingerprint density at radius 1 is 1.36 bits per heavy atom. The summed E-state index contributed by atoms with van der Waals surface area (Å²) in [6, 6.07) is 0.183. The molecule has 0 saturated heterocycles. The van der Waals surface area contributed by atoms with Gasteiger partial charge in [-0.3, -0.25) is 0 Å². The van der Waals surface area contributed by atoms with Gasteiger partial charge in [-0.1, -0.05) is 0 Å². The number of nitrogens with two attached hydrogens (primary N) is 1. The number of alkyl halides is 3. The summed E-state index contributed by atoms with van der Waals surface area (Å²) in [5.41, 5.74) is 6.50. The number of aliphatic imine (C=N–C) groups is 1. The van der Waals surface area contributed by atoms with Crippen LogP contribution in [-0.4, -0.2) is 24.6 Å². The monoisotopic (exact) mass is 206 g/mol. The topological polar surface area (TPSA) is 38.4 Å². The van der Waals surface area contributed by atoms with E-state index in [1.54, 1.807) is 0 Å². The van der Waals surface area contributed by atoms with E-state index in [-0.39, 0.29) is 6.04 Å². The molecule has 0 heterocycles. The van der Waals surface area contributed by atoms with Crippen molar-refractivity contribution in [3.8, 4) is 0 Å². The van der Waals surface area contributed by atoms with Crippen LogP contribution in [0.5, 0.6) is 0 Å². The van der Waals surface area contributed by atoms with Crippen LogP contribution >= 0.6 is 0 Å². The summed E-state index contributed by atoms with van der Waals surface area (Å²) in [4.78, 5) is 3.24. The first-order valence-corrected chi connectivity index (χ1v) is 4.57. The van der Waals surface area contributed by atoms with Crippen LogP contribution in [0.4, 0.5) is 13.2 Å². The minimum absolute atomic E-state index is 0.183. The molecule has 0 spiro atoms. The number of rotatable bonds is 1. The highest BCUT2D eigenvalue weighted by Gasteiger charge is 2.26. The Morgan fingerprint density at radius 2 is 1.93 bits per heavy atom. The summed E-state index contributed by atoms with van der Waals surface area (Å²) >= 11 is 0. The third-order valence-electron chi connectivity index (χ3n) is 2.13. The van der Waals surface area contributed by atoms with Gasteiger partial charge in [0.2, 0.25) is 0 Å². The lowest BCUT2D eigenvalue weighted by Crippen LogP contribution is -2.23. The van der Waals surface area contributed by atoms with Crippen molar-refractivity contribution in [1.29, 1.82) is 0 Å². The van der Waals surface area contributed by atoms with Crippen LogP contribution in [0.2, 0.25) is 0 Å². The van der Waals surface area contributed by atoms with Gasteiger partial charge >= 0.3 is 6.18 Å². The van der Waals surface area contributed by atoms with Gasteiger partial charge in [-0.15, -0.1) is 0 Å². The molecule has 0 atom stereocenters. The van der Waals surface area contributed by atoms with Gasteiger partial charge in [-0.2, -0.15) is 13.2 Å². The molecule has 1 aliphatic rings. The van der Waals surface area contributed by atoms with Crippen molar-refractivity contribution < 1.29 is 13.2 Å². The molecule has 0 unspecified atom stereocenters. The van der Waals surface area contributed by atoms with Crippen molar-refractivity contribution in [1.82, 2.24) is 0 Å². The molecule has 0 aromatic rings. The first kappa shape index (κ1) is 11.3. The third-order valence-corrected chi connectivity index (χ3v) is 2.13. The number of hydrogen-bond donors (Lipinski definition) is 1. The summed E-state index contributed by atoms with van der Waals surface area (Å²) in [6.45, 7) is -1.14. The number of allylic oxidation sites excluding steroid dienone is 1. The van der Waals surface area contributed by atoms with Gasteiger partial charge < -0.3 is 5.73 Å². The van der Waals surface area contributed by atoms with E-state index in [2.05, 4.69) is 10.9 Å². The van der Waals surface area contributed by atoms with Gasteiger partial charge in [0.25, 0.3) is 0 Å². The molecule has 1 aliphatic carbocycles. The minimum Gasteiger partial charge on any atom is -0.328 e. The van der Waals surface area contributed by atoms with E-state index >= 15 is 0 Å². The maximum absolute atomic E-state index is 11.7. The fraction of sp³-hybridized carbons (Fsp3) is 0.778. The molecule has 2 N–H and O–H groups in total. The molecule has 5 heteroatoms. The first-order chi connectivity index (χ1) is 6.47. The summed E-state index contributed by atoms with van der Waals surface area (Å²) < 4.78 is 35.1. The van der Waals surface area contributed by atoms with Crippen LogP contribution < -0.4 is 5.73 Å². The van der Waals surface area contributed by atoms with E-state index in [9.17, 15) is 13.2 Å². The van der Waals surface area contributed by atoms with Crippen LogP contribution in [-0.2, 0) is 0 Å². The lowest BCUT2D eigenvalue weighted by Gasteiger charge is -2.17. The van der Waals surface area contributed by atoms with Crippen LogP contribution in [0.15, 0.2) is 10.6 Å². The second-order valence-corrected chi connectivity index (χ2v) is 3.48. The zero-order valence-corrected chi connectivity index (χ0v) is 7.77. The van der Waals surface area contributed by atoms with Crippen LogP contribution in [0, 0.1) is 0 Å². The van der Waals surface area contributed by atoms with Gasteiger partial charge in [0, 0.05) is 6.04 Å². The predicted octanol–water partition coefficient (Wildman–Crippen LogP) is 2.05. The molecular formula is C9H13F3N2. The summed E-state index contributed by atoms with van der Waals surface area (Å²) in [5, 5.41) is 0. The summed E-state index contributed by atoms with van der Waals surface area (Å²) in [5.74, 6) is 2.46. The lowest BCUT2D eigenvalue weighted by molar-refractivity contribution is -0.118. The highest BCUT2D eigenvalue weighted by atomic mass is 19.4. The Labute approximate surface area is 80.7 Å². The Kier molecular flexibility index (Phi) is 3.72. The van der Waals surface area contributed by atoms with E-state index in [0.29, 0.717) is 0 Å². The third kappa shape index (κ3) is 4.44. The molecule has 2 nitrogen and oxygen atoms in total. The van der Waals surface area contributed by atoms with Gasteiger partial charge in [0.05, 0.1) is 0 Å². The molecular weight excluding hydrogens is 193 g/mol. The van der Waals surface area contributed by atoms with Gasteiger partial charge in [0.1, 0.15) is 6.54 Å². The van der Waals surface area contributed by atoms with E-state index in [1.807, 2.05) is 0 Å². The summed E-state index contributed by atoms with van der Waals surface area (Å²) in [6.07, 6.45) is -1.13. The van der Waals surface area contributed by atoms with Gasteiger partial charge in [0.15, 0.2) is 0 Å². The van der Waals surface area contributed by atoms with Crippen molar-refractivity contribution in [2.24, 2.45) is 10.7 Å². The molecule has 1 rings (SSSR count). The van der Waals surface area contributed by atoms with Crippen molar-refractivity contribution in [3.05, 3.63) is 5.57 Å². The molecule has 14 heavy (non-hydrogen) atoms. The highest BCUT2D eigenvalue weighted by Crippen LogP contribution is 2.20. The van der Waals surface area contributed by atoms with Crippen LogP contribution in [0.1, 0.15) is 25.7 Å². The molecule has 0 aromatic heterocycles. The number of halogens is 3. The van der Waals surface area contributed by atoms with Crippen LogP contribution in [0.25, 0.3) is 0 Å². The fourth-order valence-corrected chi connectivity index (χ4v) is 1.34. The van der Waals surface area contributed by atoms with E-state index < -0.39 is 12.7 Å². The maximum Gasteiger partial charge on any atom is 0.408 e. The van der Waals surface area contributed by atoms with E-state index in [0.717, 1.165) is 31.3 Å². The standard InChI is InChI=1S/C9H13F3N2/c10-9(11,12)6-14-5-7-1-3-8(13)4-2-7/h8H,1-4,6,13H2. The predicted molar refractivity (Wildman–Crippen MR) is 48.3 cm³/mol. The Hall–Kier alpha value is -0.800. The van der Waals surface area contributed by atoms with E-state index in [4.69, 9.17) is 5.73 Å². The second-order valence-electron chi connectivity index (χ2n) is 3.48. The molecule has 1 fully saturated rings. The van der Waals surface area contributed by atoms with Crippen LogP contribution in [0.3, 0.4) is 0 Å². The molecule has 0 aliphatic heterocycles. The average Bonchev–Trinajstić information content (AvgIpc) is 2.06. The molecule has 1 saturated carbocycles. The molecule has 0 aromatic carbocycles. The maximum atomic E-state index is 11.7. The fourth-order valence-electron chi connectivity index (χ4n) is 1.34. The van der Waals surface area contributed by atoms with E-state index in [1.165, 1.54) is 0 Å². The number of nitrogens with zero attached hydrogens (tertiary/aromatic N) is 1. The molecule has 80 valence electrons. The zero-order valence-electron chi connectivity index (χ0n) is 7.77. The SMILES string of the molecule is NC1CCC(=C=NCC(F)(F)F)CC1. The quantitative estimate of drug-likeness (QED) is 0.655. The highest BCUT2D eigenvalue weighted by molar-refractivity contribution is 5.58. The van der Waals surface area contributed by atoms with Crippen molar-refractivity contribution >= 4 is 5.87 Å². The first-order valence-electron chi connectivity index (χ1n) is 4.57. The normalized spacial score (nSPS) is 23.1. The Balaban J connectivity index is 2.44. The zero-order chi connectivity index (χ0) is 10.6. The molecule has 0 amide bonds. The average molecular weight is 206 g/mol. The van der Waals surface area contributed by atoms with Gasteiger partial charge in [-0.25, -0.2) is 4.99 Å². The summed E-state index contributed by atoms with van der Waals surface area (Å²) in [7, 11) is 0. The van der Waals surface area contributed by atoms with Crippen molar-refractivity contribution in [3.63, 3.8) is 0 Å². The largest absolute Gasteiger partial charge is 0.408 e. The van der Waals surface area contributed by atoms with Crippen molar-refractivity contribution in [2.45, 2.75) is 37.9 Å². The molecule has 0 radical (unpaired) electrons. The van der Waals surface area contributed by atoms with Crippen molar-refractivity contribution in [2.75, 3.05) is 6.54 Å². The minimum atomic E-state index is -4.22. The Morgan fingerprint density at radius 3 is 2.43 bits per heavy atom. The second kappa shape index (κ2) is 4.62. The smallest absolute Gasteiger partial charge is 0.328 e. The number of hydrogen-bond acceptors (Lipinski definition) is 2. The van der Waals surface area contributed by atoms with Gasteiger partial charge in [-0.05, 0) is 37.1 Å². The lowest BCUT2D eigenvalue weighted by atomic mass is 9.92. The molecule has 0 bridgehead atoms.